The average molecular weight is 972 g/mol. The van der Waals surface area contributed by atoms with E-state index in [1.807, 2.05) is 0 Å². The fourth-order valence-electron chi connectivity index (χ4n) is 9.30. The van der Waals surface area contributed by atoms with Crippen molar-refractivity contribution in [3.63, 3.8) is 0 Å². The molecule has 69 heavy (non-hydrogen) atoms. The van der Waals surface area contributed by atoms with Crippen LogP contribution in [0.1, 0.15) is 342 Å². The van der Waals surface area contributed by atoms with Crippen molar-refractivity contribution in [2.75, 3.05) is 13.2 Å². The average Bonchev–Trinajstić information content (AvgIpc) is 3.35. The van der Waals surface area contributed by atoms with Gasteiger partial charge in [0, 0.05) is 19.3 Å². The Bertz CT molecular complexity index is 1110. The minimum Gasteiger partial charge on any atom is -0.462 e. The number of carbonyl (C=O) groups is 3. The molecule has 0 N–H and O–H groups in total. The molecular weight excluding hydrogens is 853 g/mol. The molecule has 1 atom stereocenters. The van der Waals surface area contributed by atoms with Crippen LogP contribution in [0, 0.1) is 0 Å². The second-order valence-corrected chi connectivity index (χ2v) is 21.0. The van der Waals surface area contributed by atoms with E-state index in [9.17, 15) is 14.4 Å². The summed E-state index contributed by atoms with van der Waals surface area (Å²) in [4.78, 5) is 37.9. The van der Waals surface area contributed by atoms with Gasteiger partial charge in [-0.15, -0.1) is 0 Å². The molecule has 0 aliphatic carbocycles. The molecule has 0 rings (SSSR count). The maximum atomic E-state index is 12.8. The standard InChI is InChI=1S/C63H118O6/c1-4-7-10-13-16-18-20-22-24-26-27-28-29-30-31-32-33-34-35-36-37-38-40-41-43-45-47-50-53-56-62(65)68-59-60(58-67-61(64)55-52-49-15-12-9-6-3)69-63(66)57-54-51-48-46-44-42-39-25-23-21-19-17-14-11-8-5-2/h19,21,25,39,60H,4-18,20,22-24,26-38,40-59H2,1-3H3/b21-19-,39-25-. The van der Waals surface area contributed by atoms with Gasteiger partial charge < -0.3 is 14.2 Å². The third kappa shape index (κ3) is 56.7. The molecule has 406 valence electrons. The Morgan fingerprint density at radius 3 is 0.812 bits per heavy atom. The second kappa shape index (κ2) is 58.5. The number of hydrogen-bond donors (Lipinski definition) is 0. The highest BCUT2D eigenvalue weighted by Gasteiger charge is 2.19. The summed E-state index contributed by atoms with van der Waals surface area (Å²) in [7, 11) is 0. The Balaban J connectivity index is 3.98. The molecule has 0 amide bonds. The van der Waals surface area contributed by atoms with Crippen LogP contribution in [0.15, 0.2) is 24.3 Å². The lowest BCUT2D eigenvalue weighted by Gasteiger charge is -2.18. The van der Waals surface area contributed by atoms with Crippen LogP contribution in [-0.2, 0) is 28.6 Å². The summed E-state index contributed by atoms with van der Waals surface area (Å²) in [6.45, 7) is 6.60. The van der Waals surface area contributed by atoms with Gasteiger partial charge in [-0.25, -0.2) is 0 Å². The molecule has 6 nitrogen and oxygen atoms in total. The van der Waals surface area contributed by atoms with Gasteiger partial charge in [0.15, 0.2) is 6.10 Å². The molecule has 0 aromatic heterocycles. The predicted octanol–water partition coefficient (Wildman–Crippen LogP) is 20.7. The first-order valence-corrected chi connectivity index (χ1v) is 30.8. The minimum absolute atomic E-state index is 0.0727. The van der Waals surface area contributed by atoms with Crippen LogP contribution in [0.2, 0.25) is 0 Å². The van der Waals surface area contributed by atoms with E-state index in [-0.39, 0.29) is 31.1 Å². The Morgan fingerprint density at radius 2 is 0.522 bits per heavy atom. The van der Waals surface area contributed by atoms with E-state index in [0.29, 0.717) is 19.3 Å². The number of carbonyl (C=O) groups excluding carboxylic acids is 3. The summed E-state index contributed by atoms with van der Waals surface area (Å²) in [6, 6.07) is 0. The first-order chi connectivity index (χ1) is 34.0. The zero-order chi connectivity index (χ0) is 50.0. The quantitative estimate of drug-likeness (QED) is 0.0261. The normalized spacial score (nSPS) is 12.1. The van der Waals surface area contributed by atoms with E-state index < -0.39 is 6.10 Å². The molecule has 0 spiro atoms. The van der Waals surface area contributed by atoms with Gasteiger partial charge in [0.25, 0.3) is 0 Å². The molecule has 0 aliphatic heterocycles. The lowest BCUT2D eigenvalue weighted by Crippen LogP contribution is -2.30. The molecule has 0 aromatic carbocycles. The van der Waals surface area contributed by atoms with Crippen molar-refractivity contribution in [2.24, 2.45) is 0 Å². The van der Waals surface area contributed by atoms with Gasteiger partial charge in [-0.2, -0.15) is 0 Å². The molecule has 6 heteroatoms. The van der Waals surface area contributed by atoms with Gasteiger partial charge in [0.05, 0.1) is 0 Å². The smallest absolute Gasteiger partial charge is 0.306 e. The van der Waals surface area contributed by atoms with Crippen molar-refractivity contribution in [3.8, 4) is 0 Å². The van der Waals surface area contributed by atoms with Crippen molar-refractivity contribution < 1.29 is 28.6 Å². The molecule has 0 saturated heterocycles. The van der Waals surface area contributed by atoms with Gasteiger partial charge >= 0.3 is 17.9 Å². The number of hydrogen-bond acceptors (Lipinski definition) is 6. The summed E-state index contributed by atoms with van der Waals surface area (Å²) >= 11 is 0. The van der Waals surface area contributed by atoms with Gasteiger partial charge in [0.2, 0.25) is 0 Å². The molecule has 0 aliphatic rings. The molecule has 0 heterocycles. The molecule has 0 fully saturated rings. The van der Waals surface area contributed by atoms with Crippen molar-refractivity contribution >= 4 is 17.9 Å². The minimum atomic E-state index is -0.772. The lowest BCUT2D eigenvalue weighted by atomic mass is 10.0. The number of unbranched alkanes of at least 4 members (excludes halogenated alkanes) is 42. The van der Waals surface area contributed by atoms with Crippen LogP contribution < -0.4 is 0 Å². The summed E-state index contributed by atoms with van der Waals surface area (Å²) in [5, 5.41) is 0. The summed E-state index contributed by atoms with van der Waals surface area (Å²) in [5.74, 6) is -0.878. The zero-order valence-corrected chi connectivity index (χ0v) is 46.6. The molecule has 1 unspecified atom stereocenters. The summed E-state index contributed by atoms with van der Waals surface area (Å²) in [5.41, 5.74) is 0. The highest BCUT2D eigenvalue weighted by molar-refractivity contribution is 5.71. The van der Waals surface area contributed by atoms with Gasteiger partial charge in [-0.05, 0) is 51.4 Å². The van der Waals surface area contributed by atoms with E-state index in [1.165, 1.54) is 225 Å². The van der Waals surface area contributed by atoms with Crippen LogP contribution in [0.5, 0.6) is 0 Å². The highest BCUT2D eigenvalue weighted by Crippen LogP contribution is 2.18. The first-order valence-electron chi connectivity index (χ1n) is 30.8. The maximum Gasteiger partial charge on any atom is 0.306 e. The molecular formula is C63H118O6. The van der Waals surface area contributed by atoms with Crippen molar-refractivity contribution in [3.05, 3.63) is 24.3 Å². The number of rotatable bonds is 57. The van der Waals surface area contributed by atoms with Crippen LogP contribution in [-0.4, -0.2) is 37.2 Å². The highest BCUT2D eigenvalue weighted by atomic mass is 16.6. The third-order valence-corrected chi connectivity index (χ3v) is 14.0. The van der Waals surface area contributed by atoms with Crippen molar-refractivity contribution in [2.45, 2.75) is 348 Å². The van der Waals surface area contributed by atoms with E-state index >= 15 is 0 Å². The number of esters is 3. The van der Waals surface area contributed by atoms with Crippen LogP contribution in [0.3, 0.4) is 0 Å². The molecule has 0 aromatic rings. The zero-order valence-electron chi connectivity index (χ0n) is 46.6. The molecule has 0 saturated carbocycles. The Kier molecular flexibility index (Phi) is 56.7. The Morgan fingerprint density at radius 1 is 0.290 bits per heavy atom. The second-order valence-electron chi connectivity index (χ2n) is 21.0. The van der Waals surface area contributed by atoms with Crippen LogP contribution in [0.4, 0.5) is 0 Å². The van der Waals surface area contributed by atoms with Crippen LogP contribution >= 0.6 is 0 Å². The topological polar surface area (TPSA) is 78.9 Å². The lowest BCUT2D eigenvalue weighted by molar-refractivity contribution is -0.167. The number of allylic oxidation sites excluding steroid dienone is 4. The molecule has 0 radical (unpaired) electrons. The summed E-state index contributed by atoms with van der Waals surface area (Å²) in [6.07, 6.45) is 69.5. The van der Waals surface area contributed by atoms with Gasteiger partial charge in [-0.1, -0.05) is 295 Å². The predicted molar refractivity (Wildman–Crippen MR) is 298 cm³/mol. The van der Waals surface area contributed by atoms with E-state index in [4.69, 9.17) is 14.2 Å². The van der Waals surface area contributed by atoms with E-state index in [1.54, 1.807) is 0 Å². The largest absolute Gasteiger partial charge is 0.462 e. The summed E-state index contributed by atoms with van der Waals surface area (Å²) < 4.78 is 16.8. The van der Waals surface area contributed by atoms with Crippen LogP contribution in [0.25, 0.3) is 0 Å². The Hall–Kier alpha value is -2.11. The fraction of sp³-hybridized carbons (Fsp3) is 0.889. The van der Waals surface area contributed by atoms with Gasteiger partial charge in [0.1, 0.15) is 13.2 Å². The van der Waals surface area contributed by atoms with Crippen molar-refractivity contribution in [1.29, 1.82) is 0 Å². The van der Waals surface area contributed by atoms with E-state index in [2.05, 4.69) is 45.1 Å². The third-order valence-electron chi connectivity index (χ3n) is 14.0. The van der Waals surface area contributed by atoms with Crippen molar-refractivity contribution in [1.82, 2.24) is 0 Å². The fourth-order valence-corrected chi connectivity index (χ4v) is 9.30. The van der Waals surface area contributed by atoms with E-state index in [0.717, 1.165) is 77.0 Å². The molecule has 0 bridgehead atoms. The Labute approximate surface area is 430 Å². The number of ether oxygens (including phenoxy) is 3. The first kappa shape index (κ1) is 66.9. The monoisotopic (exact) mass is 971 g/mol. The maximum absolute atomic E-state index is 12.8. The van der Waals surface area contributed by atoms with Gasteiger partial charge in [-0.3, -0.25) is 14.4 Å². The SMILES string of the molecule is CCCCCC/C=C\C/C=C\CCCCCCCC(=O)OC(COC(=O)CCCCCCCC)COC(=O)CCCCCCCCCCCCCCCCCCCCCCCCCCCCCCC.